The van der Waals surface area contributed by atoms with Crippen molar-refractivity contribution >= 4 is 37.8 Å². The standard InChI is InChI=1S/C20H22BrNO5S/c1-5-27-19-13-14(12-17(21)20(19)26-4)6-11-18(23)15-7-9-16(10-8-15)28(24,25)22(2)3/h6-13H,5H2,1-4H3. The quantitative estimate of drug-likeness (QED) is 0.433. The van der Waals surface area contributed by atoms with Gasteiger partial charge < -0.3 is 9.47 Å². The first-order valence-corrected chi connectivity index (χ1v) is 10.7. The average molecular weight is 468 g/mol. The van der Waals surface area contributed by atoms with E-state index in [1.165, 1.54) is 44.4 Å². The molecule has 0 saturated heterocycles. The lowest BCUT2D eigenvalue weighted by molar-refractivity contribution is 0.104. The Morgan fingerprint density at radius 1 is 1.18 bits per heavy atom. The van der Waals surface area contributed by atoms with Crippen molar-refractivity contribution < 1.29 is 22.7 Å². The maximum absolute atomic E-state index is 12.4. The van der Waals surface area contributed by atoms with E-state index in [0.717, 1.165) is 9.87 Å². The van der Waals surface area contributed by atoms with Crippen molar-refractivity contribution in [3.63, 3.8) is 0 Å². The van der Waals surface area contributed by atoms with Crippen molar-refractivity contribution in [1.29, 1.82) is 0 Å². The van der Waals surface area contributed by atoms with Crippen molar-refractivity contribution in [2.45, 2.75) is 11.8 Å². The third-order valence-corrected chi connectivity index (χ3v) is 6.30. The van der Waals surface area contributed by atoms with Crippen molar-refractivity contribution in [1.82, 2.24) is 4.31 Å². The van der Waals surface area contributed by atoms with Crippen LogP contribution in [0.1, 0.15) is 22.8 Å². The molecule has 0 aliphatic heterocycles. The van der Waals surface area contributed by atoms with Crippen LogP contribution < -0.4 is 9.47 Å². The highest BCUT2D eigenvalue weighted by Crippen LogP contribution is 2.36. The zero-order valence-corrected chi connectivity index (χ0v) is 18.5. The van der Waals surface area contributed by atoms with Gasteiger partial charge in [0, 0.05) is 19.7 Å². The molecule has 2 aromatic rings. The Hall–Kier alpha value is -2.16. The van der Waals surface area contributed by atoms with E-state index in [0.29, 0.717) is 28.1 Å². The van der Waals surface area contributed by atoms with Crippen molar-refractivity contribution in [3.05, 3.63) is 58.1 Å². The van der Waals surface area contributed by atoms with Gasteiger partial charge in [0.2, 0.25) is 10.0 Å². The fourth-order valence-corrected chi connectivity index (χ4v) is 3.94. The van der Waals surface area contributed by atoms with Crippen LogP contribution in [0.2, 0.25) is 0 Å². The predicted octanol–water partition coefficient (Wildman–Crippen LogP) is 4.00. The van der Waals surface area contributed by atoms with E-state index in [1.807, 2.05) is 13.0 Å². The van der Waals surface area contributed by atoms with Crippen LogP contribution in [0.5, 0.6) is 11.5 Å². The van der Waals surface area contributed by atoms with Crippen LogP contribution in [0, 0.1) is 0 Å². The molecule has 8 heteroatoms. The number of methoxy groups -OCH3 is 1. The topological polar surface area (TPSA) is 72.9 Å². The number of carbonyl (C=O) groups excluding carboxylic acids is 1. The Labute approximate surface area is 173 Å². The smallest absolute Gasteiger partial charge is 0.242 e. The summed E-state index contributed by atoms with van der Waals surface area (Å²) >= 11 is 3.43. The second-order valence-corrected chi connectivity index (χ2v) is 8.98. The molecule has 28 heavy (non-hydrogen) atoms. The second-order valence-electron chi connectivity index (χ2n) is 5.98. The van der Waals surface area contributed by atoms with Crippen LogP contribution in [0.4, 0.5) is 0 Å². The van der Waals surface area contributed by atoms with Crippen LogP contribution in [-0.2, 0) is 10.0 Å². The lowest BCUT2D eigenvalue weighted by Gasteiger charge is -2.12. The summed E-state index contributed by atoms with van der Waals surface area (Å²) in [5.74, 6) is 0.923. The molecule has 0 unspecified atom stereocenters. The number of ketones is 1. The number of ether oxygens (including phenoxy) is 2. The Morgan fingerprint density at radius 2 is 1.82 bits per heavy atom. The minimum atomic E-state index is -3.52. The average Bonchev–Trinajstić information content (AvgIpc) is 2.66. The summed E-state index contributed by atoms with van der Waals surface area (Å²) in [4.78, 5) is 12.6. The SMILES string of the molecule is CCOc1cc(C=CC(=O)c2ccc(S(=O)(=O)N(C)C)cc2)cc(Br)c1OC. The van der Waals surface area contributed by atoms with E-state index < -0.39 is 10.0 Å². The third-order valence-electron chi connectivity index (χ3n) is 3.88. The first-order valence-electron chi connectivity index (χ1n) is 8.46. The summed E-state index contributed by atoms with van der Waals surface area (Å²) in [6.45, 7) is 2.36. The summed E-state index contributed by atoms with van der Waals surface area (Å²) in [5, 5.41) is 0. The summed E-state index contributed by atoms with van der Waals surface area (Å²) in [6.07, 6.45) is 3.10. The highest BCUT2D eigenvalue weighted by molar-refractivity contribution is 9.10. The molecule has 0 N–H and O–H groups in total. The van der Waals surface area contributed by atoms with Gasteiger partial charge in [-0.2, -0.15) is 0 Å². The number of nitrogens with zero attached hydrogens (tertiary/aromatic N) is 1. The number of hydrogen-bond acceptors (Lipinski definition) is 5. The number of benzene rings is 2. The number of rotatable bonds is 8. The van der Waals surface area contributed by atoms with Crippen LogP contribution in [0.3, 0.4) is 0 Å². The zero-order chi connectivity index (χ0) is 20.9. The first-order chi connectivity index (χ1) is 13.2. The fourth-order valence-electron chi connectivity index (χ4n) is 2.42. The molecule has 0 aliphatic carbocycles. The van der Waals surface area contributed by atoms with Gasteiger partial charge in [-0.1, -0.05) is 6.08 Å². The Bertz CT molecular complexity index is 982. The molecule has 0 fully saturated rings. The molecular weight excluding hydrogens is 446 g/mol. The minimum Gasteiger partial charge on any atom is -0.492 e. The molecule has 150 valence electrons. The van der Waals surface area contributed by atoms with Gasteiger partial charge in [0.05, 0.1) is 23.1 Å². The van der Waals surface area contributed by atoms with Crippen LogP contribution in [-0.4, -0.2) is 46.3 Å². The van der Waals surface area contributed by atoms with E-state index in [-0.39, 0.29) is 10.7 Å². The molecule has 6 nitrogen and oxygen atoms in total. The number of sulfonamides is 1. The second kappa shape index (κ2) is 9.36. The van der Waals surface area contributed by atoms with Gasteiger partial charge in [0.1, 0.15) is 0 Å². The van der Waals surface area contributed by atoms with E-state index in [2.05, 4.69) is 15.9 Å². The van der Waals surface area contributed by atoms with E-state index in [4.69, 9.17) is 9.47 Å². The molecule has 0 saturated carbocycles. The maximum Gasteiger partial charge on any atom is 0.242 e. The van der Waals surface area contributed by atoms with Gasteiger partial charge in [0.25, 0.3) is 0 Å². The predicted molar refractivity (Wildman–Crippen MR) is 113 cm³/mol. The number of hydrogen-bond donors (Lipinski definition) is 0. The number of allylic oxidation sites excluding steroid dienone is 1. The van der Waals surface area contributed by atoms with E-state index >= 15 is 0 Å². The minimum absolute atomic E-state index is 0.137. The van der Waals surface area contributed by atoms with Crippen LogP contribution in [0.15, 0.2) is 51.8 Å². The zero-order valence-electron chi connectivity index (χ0n) is 16.1. The maximum atomic E-state index is 12.4. The third kappa shape index (κ3) is 5.01. The van der Waals surface area contributed by atoms with Gasteiger partial charge in [-0.15, -0.1) is 0 Å². The Kier molecular flexibility index (Phi) is 7.40. The van der Waals surface area contributed by atoms with Crippen LogP contribution >= 0.6 is 15.9 Å². The Morgan fingerprint density at radius 3 is 2.36 bits per heavy atom. The summed E-state index contributed by atoms with van der Waals surface area (Å²) in [7, 11) is 0.952. The van der Waals surface area contributed by atoms with E-state index in [9.17, 15) is 13.2 Å². The number of carbonyl (C=O) groups is 1. The largest absolute Gasteiger partial charge is 0.492 e. The van der Waals surface area contributed by atoms with Crippen molar-refractivity contribution in [2.75, 3.05) is 27.8 Å². The highest BCUT2D eigenvalue weighted by atomic mass is 79.9. The van der Waals surface area contributed by atoms with Crippen molar-refractivity contribution in [3.8, 4) is 11.5 Å². The lowest BCUT2D eigenvalue weighted by Crippen LogP contribution is -2.22. The molecule has 2 aromatic carbocycles. The summed E-state index contributed by atoms with van der Waals surface area (Å²) in [6, 6.07) is 9.44. The van der Waals surface area contributed by atoms with Gasteiger partial charge in [-0.3, -0.25) is 4.79 Å². The van der Waals surface area contributed by atoms with E-state index in [1.54, 1.807) is 19.3 Å². The monoisotopic (exact) mass is 467 g/mol. The van der Waals surface area contributed by atoms with Crippen LogP contribution in [0.25, 0.3) is 6.08 Å². The molecule has 0 aromatic heterocycles. The fraction of sp³-hybridized carbons (Fsp3) is 0.250. The molecule has 0 heterocycles. The van der Waals surface area contributed by atoms with Gasteiger partial charge in [0.15, 0.2) is 17.3 Å². The normalized spacial score (nSPS) is 11.8. The van der Waals surface area contributed by atoms with Crippen molar-refractivity contribution in [2.24, 2.45) is 0 Å². The number of halogens is 1. The molecule has 0 amide bonds. The molecule has 2 rings (SSSR count). The van der Waals surface area contributed by atoms with Gasteiger partial charge >= 0.3 is 0 Å². The molecule has 0 aliphatic rings. The molecule has 0 atom stereocenters. The first kappa shape index (κ1) is 22.1. The molecule has 0 spiro atoms. The van der Waals surface area contributed by atoms with Gasteiger partial charge in [-0.05, 0) is 70.9 Å². The highest BCUT2D eigenvalue weighted by Gasteiger charge is 2.17. The summed E-state index contributed by atoms with van der Waals surface area (Å²) < 4.78 is 36.9. The van der Waals surface area contributed by atoms with Gasteiger partial charge in [-0.25, -0.2) is 12.7 Å². The molecule has 0 radical (unpaired) electrons. The lowest BCUT2D eigenvalue weighted by atomic mass is 10.1. The molecule has 0 bridgehead atoms. The summed E-state index contributed by atoms with van der Waals surface area (Å²) in [5.41, 5.74) is 1.16. The Balaban J connectivity index is 2.24. The molecular formula is C20H22BrNO5S.